The molecule has 1 aromatic rings. The van der Waals surface area contributed by atoms with Crippen LogP contribution in [0, 0.1) is 0 Å². The van der Waals surface area contributed by atoms with Gasteiger partial charge < -0.3 is 25.2 Å². The fourth-order valence-corrected chi connectivity index (χ4v) is 3.01. The Morgan fingerprint density at radius 1 is 1.31 bits per heavy atom. The minimum absolute atomic E-state index is 0. The predicted molar refractivity (Wildman–Crippen MR) is 121 cm³/mol. The van der Waals surface area contributed by atoms with Gasteiger partial charge in [0.25, 0.3) is 0 Å². The molecule has 1 fully saturated rings. The lowest BCUT2D eigenvalue weighted by atomic mass is 10.2. The van der Waals surface area contributed by atoms with Crippen molar-refractivity contribution in [2.24, 2.45) is 4.99 Å². The topological polar surface area (TPSA) is 52.1 Å². The number of benzene rings is 1. The molecule has 0 bridgehead atoms. The number of morpholine rings is 1. The molecule has 0 aromatic heterocycles. The maximum absolute atomic E-state index is 5.77. The summed E-state index contributed by atoms with van der Waals surface area (Å²) in [7, 11) is 3.94. The number of aliphatic imine (C=N–C) groups is 1. The zero-order valence-corrected chi connectivity index (χ0v) is 18.6. The average molecular weight is 475 g/mol. The monoisotopic (exact) mass is 475 g/mol. The van der Waals surface area contributed by atoms with E-state index in [-0.39, 0.29) is 30.1 Å². The molecule has 0 aliphatic carbocycles. The molecule has 7 heteroatoms. The average Bonchev–Trinajstić information content (AvgIpc) is 2.65. The third kappa shape index (κ3) is 8.09. The Kier molecular flexibility index (Phi) is 11.6. The van der Waals surface area contributed by atoms with Gasteiger partial charge in [-0.2, -0.15) is 0 Å². The first-order valence-corrected chi connectivity index (χ1v) is 9.27. The van der Waals surface area contributed by atoms with Crippen LogP contribution in [0.5, 0.6) is 0 Å². The Morgan fingerprint density at radius 2 is 2.08 bits per heavy atom. The van der Waals surface area contributed by atoms with E-state index in [1.807, 2.05) is 7.05 Å². The molecule has 1 aliphatic heterocycles. The first kappa shape index (κ1) is 23.0. The second kappa shape index (κ2) is 13.2. The van der Waals surface area contributed by atoms with Crippen LogP contribution in [0.25, 0.3) is 0 Å². The van der Waals surface area contributed by atoms with Gasteiger partial charge in [0.1, 0.15) is 0 Å². The summed E-state index contributed by atoms with van der Waals surface area (Å²) in [5, 5.41) is 6.76. The summed E-state index contributed by atoms with van der Waals surface area (Å²) >= 11 is 0. The molecular weight excluding hydrogens is 441 g/mol. The Balaban J connectivity index is 0.00000338. The van der Waals surface area contributed by atoms with Crippen molar-refractivity contribution < 1.29 is 4.74 Å². The summed E-state index contributed by atoms with van der Waals surface area (Å²) in [5.74, 6) is 0.847. The Labute approximate surface area is 175 Å². The molecule has 2 rings (SSSR count). The minimum atomic E-state index is 0. The van der Waals surface area contributed by atoms with E-state index in [1.165, 1.54) is 5.69 Å². The fourth-order valence-electron chi connectivity index (χ4n) is 3.01. The Morgan fingerprint density at radius 3 is 2.73 bits per heavy atom. The van der Waals surface area contributed by atoms with Crippen LogP contribution < -0.4 is 15.5 Å². The van der Waals surface area contributed by atoms with Gasteiger partial charge in [0, 0.05) is 52.0 Å². The highest BCUT2D eigenvalue weighted by Gasteiger charge is 2.17. The highest BCUT2D eigenvalue weighted by Crippen LogP contribution is 2.12. The number of rotatable bonds is 8. The fraction of sp³-hybridized carbons (Fsp3) is 0.632. The number of hydrogen-bond donors (Lipinski definition) is 2. The molecule has 26 heavy (non-hydrogen) atoms. The lowest BCUT2D eigenvalue weighted by Crippen LogP contribution is -2.48. The van der Waals surface area contributed by atoms with E-state index in [9.17, 15) is 0 Å². The smallest absolute Gasteiger partial charge is 0.191 e. The molecule has 0 amide bonds. The Hall–Kier alpha value is -1.06. The van der Waals surface area contributed by atoms with Crippen LogP contribution in [0.4, 0.5) is 5.69 Å². The number of para-hydroxylation sites is 1. The number of anilines is 1. The van der Waals surface area contributed by atoms with Crippen molar-refractivity contribution in [2.75, 3.05) is 64.9 Å². The van der Waals surface area contributed by atoms with Crippen LogP contribution in [0.1, 0.15) is 13.3 Å². The van der Waals surface area contributed by atoms with Gasteiger partial charge in [0.15, 0.2) is 5.96 Å². The van der Waals surface area contributed by atoms with Crippen molar-refractivity contribution in [3.05, 3.63) is 30.3 Å². The molecule has 1 atom stereocenters. The van der Waals surface area contributed by atoms with Crippen molar-refractivity contribution >= 4 is 35.6 Å². The number of guanidine groups is 1. The predicted octanol–water partition coefficient (Wildman–Crippen LogP) is 2.02. The molecule has 1 heterocycles. The SMILES string of the molecule is CCN(CCCNC(=NC)NCC1CN(C)CCO1)c1ccccc1.I. The molecule has 1 aliphatic rings. The number of likely N-dealkylation sites (N-methyl/N-ethyl adjacent to an activating group) is 1. The molecular formula is C19H34IN5O. The molecule has 2 N–H and O–H groups in total. The van der Waals surface area contributed by atoms with Gasteiger partial charge in [0.05, 0.1) is 12.7 Å². The van der Waals surface area contributed by atoms with Gasteiger partial charge >= 0.3 is 0 Å². The normalized spacial score (nSPS) is 18.1. The number of nitrogens with zero attached hydrogens (tertiary/aromatic N) is 3. The third-order valence-corrected chi connectivity index (χ3v) is 4.46. The molecule has 1 aromatic carbocycles. The summed E-state index contributed by atoms with van der Waals surface area (Å²) in [4.78, 5) is 8.99. The summed E-state index contributed by atoms with van der Waals surface area (Å²) < 4.78 is 5.77. The van der Waals surface area contributed by atoms with Crippen molar-refractivity contribution in [3.8, 4) is 0 Å². The van der Waals surface area contributed by atoms with Crippen LogP contribution in [-0.4, -0.2) is 76.9 Å². The Bertz CT molecular complexity index is 514. The second-order valence-electron chi connectivity index (χ2n) is 6.40. The number of halogens is 1. The van der Waals surface area contributed by atoms with E-state index >= 15 is 0 Å². The first-order chi connectivity index (χ1) is 12.2. The van der Waals surface area contributed by atoms with Crippen LogP contribution in [0.15, 0.2) is 35.3 Å². The summed E-state index contributed by atoms with van der Waals surface area (Å²) in [6, 6.07) is 10.6. The highest BCUT2D eigenvalue weighted by molar-refractivity contribution is 14.0. The van der Waals surface area contributed by atoms with E-state index in [1.54, 1.807) is 0 Å². The number of hydrogen-bond acceptors (Lipinski definition) is 4. The summed E-state index contributed by atoms with van der Waals surface area (Å²) in [6.45, 7) is 8.71. The van der Waals surface area contributed by atoms with E-state index in [0.717, 1.165) is 58.3 Å². The maximum Gasteiger partial charge on any atom is 0.191 e. The molecule has 1 saturated heterocycles. The zero-order chi connectivity index (χ0) is 17.9. The van der Waals surface area contributed by atoms with E-state index in [2.05, 4.69) is 69.7 Å². The third-order valence-electron chi connectivity index (χ3n) is 4.46. The summed E-state index contributed by atoms with van der Waals surface area (Å²) in [5.41, 5.74) is 1.28. The van der Waals surface area contributed by atoms with Gasteiger partial charge in [-0.1, -0.05) is 18.2 Å². The lowest BCUT2D eigenvalue weighted by molar-refractivity contribution is -0.0161. The van der Waals surface area contributed by atoms with E-state index < -0.39 is 0 Å². The lowest BCUT2D eigenvalue weighted by Gasteiger charge is -2.30. The maximum atomic E-state index is 5.77. The van der Waals surface area contributed by atoms with Crippen molar-refractivity contribution in [1.29, 1.82) is 0 Å². The molecule has 148 valence electrons. The molecule has 1 unspecified atom stereocenters. The van der Waals surface area contributed by atoms with E-state index in [0.29, 0.717) is 0 Å². The number of ether oxygens (including phenoxy) is 1. The molecule has 0 radical (unpaired) electrons. The van der Waals surface area contributed by atoms with Gasteiger partial charge in [-0.3, -0.25) is 4.99 Å². The van der Waals surface area contributed by atoms with Gasteiger partial charge in [-0.15, -0.1) is 24.0 Å². The van der Waals surface area contributed by atoms with Gasteiger partial charge in [0.2, 0.25) is 0 Å². The summed E-state index contributed by atoms with van der Waals surface area (Å²) in [6.07, 6.45) is 1.29. The van der Waals surface area contributed by atoms with Gasteiger partial charge in [-0.05, 0) is 32.5 Å². The van der Waals surface area contributed by atoms with Crippen LogP contribution in [0.2, 0.25) is 0 Å². The molecule has 0 spiro atoms. The van der Waals surface area contributed by atoms with Crippen LogP contribution >= 0.6 is 24.0 Å². The quantitative estimate of drug-likeness (QED) is 0.261. The largest absolute Gasteiger partial charge is 0.374 e. The first-order valence-electron chi connectivity index (χ1n) is 9.27. The van der Waals surface area contributed by atoms with Crippen LogP contribution in [-0.2, 0) is 4.74 Å². The van der Waals surface area contributed by atoms with Crippen molar-refractivity contribution in [1.82, 2.24) is 15.5 Å². The standard InChI is InChI=1S/C19H33N5O.HI/c1-4-24(17-9-6-5-7-10-17)12-8-11-21-19(20-2)22-15-18-16-23(3)13-14-25-18;/h5-7,9-10,18H,4,8,11-16H2,1-3H3,(H2,20,21,22);1H. The molecule has 0 saturated carbocycles. The van der Waals surface area contributed by atoms with Gasteiger partial charge in [-0.25, -0.2) is 0 Å². The highest BCUT2D eigenvalue weighted by atomic mass is 127. The number of nitrogens with one attached hydrogen (secondary N) is 2. The van der Waals surface area contributed by atoms with E-state index in [4.69, 9.17) is 4.74 Å². The second-order valence-corrected chi connectivity index (χ2v) is 6.40. The molecule has 6 nitrogen and oxygen atoms in total. The van der Waals surface area contributed by atoms with Crippen molar-refractivity contribution in [2.45, 2.75) is 19.4 Å². The van der Waals surface area contributed by atoms with Crippen molar-refractivity contribution in [3.63, 3.8) is 0 Å². The van der Waals surface area contributed by atoms with Crippen LogP contribution in [0.3, 0.4) is 0 Å². The minimum Gasteiger partial charge on any atom is -0.374 e. The zero-order valence-electron chi connectivity index (χ0n) is 16.3.